The van der Waals surface area contributed by atoms with Gasteiger partial charge in [0.05, 0.1) is 11.8 Å². The number of rotatable bonds is 3. The molecule has 3 atom stereocenters. The zero-order valence-electron chi connectivity index (χ0n) is 14.5. The van der Waals surface area contributed by atoms with Gasteiger partial charge in [0.1, 0.15) is 6.04 Å². The summed E-state index contributed by atoms with van der Waals surface area (Å²) in [4.78, 5) is 38.9. The van der Waals surface area contributed by atoms with Gasteiger partial charge in [-0.1, -0.05) is 18.9 Å². The molecule has 2 fully saturated rings. The fourth-order valence-electron chi connectivity index (χ4n) is 3.75. The summed E-state index contributed by atoms with van der Waals surface area (Å²) < 4.78 is 0. The summed E-state index contributed by atoms with van der Waals surface area (Å²) in [5.74, 6) is -1.11. The standard InChI is InChI=1S/C19H24N2O3/c1-11-8-9-14(10-12(11)2)20-17(22)13(3)21-18(23)15-6-4-5-7-16(15)19(21)24/h8-10,13,15-16H,4-7H2,1-3H3,(H,20,22)/t13-,15?,16?/m0/s1. The molecule has 1 saturated heterocycles. The van der Waals surface area contributed by atoms with Crippen molar-refractivity contribution in [1.82, 2.24) is 4.90 Å². The van der Waals surface area contributed by atoms with E-state index in [1.165, 1.54) is 4.90 Å². The van der Waals surface area contributed by atoms with Crippen LogP contribution in [0.5, 0.6) is 0 Å². The summed E-state index contributed by atoms with van der Waals surface area (Å²) >= 11 is 0. The zero-order valence-corrected chi connectivity index (χ0v) is 14.5. The summed E-state index contributed by atoms with van der Waals surface area (Å²) in [6, 6.07) is 4.89. The van der Waals surface area contributed by atoms with Crippen LogP contribution < -0.4 is 5.32 Å². The number of amides is 3. The monoisotopic (exact) mass is 328 g/mol. The fraction of sp³-hybridized carbons (Fsp3) is 0.526. The molecule has 1 aliphatic carbocycles. The lowest BCUT2D eigenvalue weighted by Crippen LogP contribution is -2.46. The third kappa shape index (κ3) is 2.83. The van der Waals surface area contributed by atoms with Crippen molar-refractivity contribution in [3.63, 3.8) is 0 Å². The van der Waals surface area contributed by atoms with Crippen molar-refractivity contribution in [2.75, 3.05) is 5.32 Å². The number of nitrogens with one attached hydrogen (secondary N) is 1. The van der Waals surface area contributed by atoms with E-state index < -0.39 is 6.04 Å². The molecule has 24 heavy (non-hydrogen) atoms. The van der Waals surface area contributed by atoms with Crippen molar-refractivity contribution >= 4 is 23.4 Å². The van der Waals surface area contributed by atoms with Gasteiger partial charge >= 0.3 is 0 Å². The van der Waals surface area contributed by atoms with E-state index in [0.29, 0.717) is 5.69 Å². The van der Waals surface area contributed by atoms with Gasteiger partial charge in [-0.25, -0.2) is 0 Å². The zero-order chi connectivity index (χ0) is 17.4. The lowest BCUT2D eigenvalue weighted by Gasteiger charge is -2.22. The molecule has 1 aromatic carbocycles. The number of anilines is 1. The van der Waals surface area contributed by atoms with Gasteiger partial charge in [0.15, 0.2) is 0 Å². The van der Waals surface area contributed by atoms with Crippen LogP contribution in [0.15, 0.2) is 18.2 Å². The maximum atomic E-state index is 12.6. The molecule has 1 saturated carbocycles. The third-order valence-electron chi connectivity index (χ3n) is 5.42. The number of carbonyl (C=O) groups excluding carboxylic acids is 3. The number of aryl methyl sites for hydroxylation is 2. The quantitative estimate of drug-likeness (QED) is 0.868. The normalized spacial score (nSPS) is 24.7. The number of hydrogen-bond acceptors (Lipinski definition) is 3. The maximum absolute atomic E-state index is 12.6. The molecule has 128 valence electrons. The van der Waals surface area contributed by atoms with Crippen molar-refractivity contribution in [3.8, 4) is 0 Å². The maximum Gasteiger partial charge on any atom is 0.247 e. The fourth-order valence-corrected chi connectivity index (χ4v) is 3.75. The smallest absolute Gasteiger partial charge is 0.247 e. The number of imide groups is 1. The van der Waals surface area contributed by atoms with E-state index >= 15 is 0 Å². The van der Waals surface area contributed by atoms with Gasteiger partial charge in [-0.2, -0.15) is 0 Å². The highest BCUT2D eigenvalue weighted by molar-refractivity contribution is 6.09. The van der Waals surface area contributed by atoms with Crippen LogP contribution >= 0.6 is 0 Å². The molecule has 1 heterocycles. The molecule has 1 N–H and O–H groups in total. The van der Waals surface area contributed by atoms with E-state index in [1.807, 2.05) is 32.0 Å². The molecular formula is C19H24N2O3. The van der Waals surface area contributed by atoms with Gasteiger partial charge in [-0.15, -0.1) is 0 Å². The summed E-state index contributed by atoms with van der Waals surface area (Å²) in [5, 5.41) is 2.82. The van der Waals surface area contributed by atoms with Crippen molar-refractivity contribution in [2.24, 2.45) is 11.8 Å². The average molecular weight is 328 g/mol. The van der Waals surface area contributed by atoms with E-state index in [2.05, 4.69) is 5.32 Å². The van der Waals surface area contributed by atoms with E-state index in [0.717, 1.165) is 36.8 Å². The van der Waals surface area contributed by atoms with Crippen molar-refractivity contribution in [2.45, 2.75) is 52.5 Å². The second-order valence-corrected chi connectivity index (χ2v) is 7.01. The van der Waals surface area contributed by atoms with Crippen LogP contribution in [0, 0.1) is 25.7 Å². The number of hydrogen-bond donors (Lipinski definition) is 1. The van der Waals surface area contributed by atoms with Crippen molar-refractivity contribution in [3.05, 3.63) is 29.3 Å². The van der Waals surface area contributed by atoms with Gasteiger partial charge in [-0.3, -0.25) is 19.3 Å². The topological polar surface area (TPSA) is 66.5 Å². The first-order chi connectivity index (χ1) is 11.4. The molecule has 3 rings (SSSR count). The highest BCUT2D eigenvalue weighted by Gasteiger charge is 2.50. The van der Waals surface area contributed by atoms with Crippen LogP contribution in [0.3, 0.4) is 0 Å². The van der Waals surface area contributed by atoms with Crippen LogP contribution in [0.2, 0.25) is 0 Å². The Balaban J connectivity index is 1.74. The molecule has 5 heteroatoms. The Morgan fingerprint density at radius 1 is 1.08 bits per heavy atom. The number of carbonyl (C=O) groups is 3. The number of nitrogens with zero attached hydrogens (tertiary/aromatic N) is 1. The minimum Gasteiger partial charge on any atom is -0.324 e. The highest BCUT2D eigenvalue weighted by atomic mass is 16.2. The minimum absolute atomic E-state index is 0.174. The molecule has 0 spiro atoms. The molecular weight excluding hydrogens is 304 g/mol. The Morgan fingerprint density at radius 3 is 2.21 bits per heavy atom. The molecule has 0 bridgehead atoms. The second-order valence-electron chi connectivity index (χ2n) is 7.01. The highest BCUT2D eigenvalue weighted by Crippen LogP contribution is 2.38. The van der Waals surface area contributed by atoms with Gasteiger partial charge in [-0.05, 0) is 56.9 Å². The molecule has 1 aliphatic heterocycles. The number of likely N-dealkylation sites (tertiary alicyclic amines) is 1. The van der Waals surface area contributed by atoms with Gasteiger partial charge < -0.3 is 5.32 Å². The van der Waals surface area contributed by atoms with Crippen LogP contribution in [0.1, 0.15) is 43.7 Å². The Morgan fingerprint density at radius 2 is 1.67 bits per heavy atom. The molecule has 2 unspecified atom stereocenters. The number of fused-ring (bicyclic) bond motifs is 1. The first-order valence-electron chi connectivity index (χ1n) is 8.65. The minimum atomic E-state index is -0.780. The Labute approximate surface area is 142 Å². The SMILES string of the molecule is Cc1ccc(NC(=O)[C@H](C)N2C(=O)C3CCCCC3C2=O)cc1C. The molecule has 0 radical (unpaired) electrons. The predicted molar refractivity (Wildman–Crippen MR) is 91.3 cm³/mol. The Kier molecular flexibility index (Phi) is 4.43. The summed E-state index contributed by atoms with van der Waals surface area (Å²) in [5.41, 5.74) is 2.92. The van der Waals surface area contributed by atoms with Crippen LogP contribution in [-0.4, -0.2) is 28.7 Å². The van der Waals surface area contributed by atoms with Crippen LogP contribution in [0.25, 0.3) is 0 Å². The average Bonchev–Trinajstić information content (AvgIpc) is 2.82. The van der Waals surface area contributed by atoms with Gasteiger partial charge in [0.2, 0.25) is 17.7 Å². The number of benzene rings is 1. The van der Waals surface area contributed by atoms with Gasteiger partial charge in [0.25, 0.3) is 0 Å². The van der Waals surface area contributed by atoms with E-state index in [9.17, 15) is 14.4 Å². The molecule has 5 nitrogen and oxygen atoms in total. The van der Waals surface area contributed by atoms with E-state index in [1.54, 1.807) is 6.92 Å². The largest absolute Gasteiger partial charge is 0.324 e. The molecule has 3 amide bonds. The lowest BCUT2D eigenvalue weighted by atomic mass is 9.81. The summed E-state index contributed by atoms with van der Waals surface area (Å²) in [7, 11) is 0. The summed E-state index contributed by atoms with van der Waals surface area (Å²) in [6.07, 6.45) is 3.49. The van der Waals surface area contributed by atoms with Crippen molar-refractivity contribution in [1.29, 1.82) is 0 Å². The second kappa shape index (κ2) is 6.38. The van der Waals surface area contributed by atoms with Crippen LogP contribution in [-0.2, 0) is 14.4 Å². The Hall–Kier alpha value is -2.17. The molecule has 2 aliphatic rings. The molecule has 0 aromatic heterocycles. The summed E-state index contributed by atoms with van der Waals surface area (Å²) in [6.45, 7) is 5.61. The van der Waals surface area contributed by atoms with Crippen LogP contribution in [0.4, 0.5) is 5.69 Å². The first kappa shape index (κ1) is 16.7. The van der Waals surface area contributed by atoms with E-state index in [4.69, 9.17) is 0 Å². The van der Waals surface area contributed by atoms with E-state index in [-0.39, 0.29) is 29.6 Å². The van der Waals surface area contributed by atoms with Crippen molar-refractivity contribution < 1.29 is 14.4 Å². The lowest BCUT2D eigenvalue weighted by molar-refractivity contribution is -0.146. The van der Waals surface area contributed by atoms with Gasteiger partial charge in [0, 0.05) is 5.69 Å². The first-order valence-corrected chi connectivity index (χ1v) is 8.65. The predicted octanol–water partition coefficient (Wildman–Crippen LogP) is 2.81. The molecule has 1 aromatic rings. The Bertz CT molecular complexity index is 674. The third-order valence-corrected chi connectivity index (χ3v) is 5.42.